The van der Waals surface area contributed by atoms with Crippen LogP contribution in [0.2, 0.25) is 0 Å². The number of hydrogen-bond acceptors (Lipinski definition) is 7. The molecule has 1 heterocycles. The minimum absolute atomic E-state index is 0.0969. The molecule has 4 rings (SSSR count). The van der Waals surface area contributed by atoms with Crippen molar-refractivity contribution in [2.75, 3.05) is 43.9 Å². The quantitative estimate of drug-likeness (QED) is 0.220. The minimum Gasteiger partial charge on any atom is -0.362 e. The molecule has 0 bridgehead atoms. The van der Waals surface area contributed by atoms with Gasteiger partial charge in [0.05, 0.1) is 5.52 Å². The zero-order valence-corrected chi connectivity index (χ0v) is 27.2. The Morgan fingerprint density at radius 1 is 0.889 bits per heavy atom. The van der Waals surface area contributed by atoms with Crippen molar-refractivity contribution in [2.24, 2.45) is 5.92 Å². The molecule has 0 spiro atoms. The van der Waals surface area contributed by atoms with Crippen molar-refractivity contribution in [3.8, 4) is 0 Å². The van der Waals surface area contributed by atoms with Crippen LogP contribution in [-0.4, -0.2) is 78.4 Å². The van der Waals surface area contributed by atoms with Crippen molar-refractivity contribution in [1.29, 1.82) is 0 Å². The molecule has 1 fully saturated rings. The molecule has 1 saturated carbocycles. The fourth-order valence-corrected chi connectivity index (χ4v) is 5.96. The first-order chi connectivity index (χ1) is 21.8. The topological polar surface area (TPSA) is 120 Å². The maximum Gasteiger partial charge on any atom is 0.251 e. The molecule has 0 radical (unpaired) electrons. The van der Waals surface area contributed by atoms with E-state index in [9.17, 15) is 14.4 Å². The summed E-state index contributed by atoms with van der Waals surface area (Å²) >= 11 is 0. The number of benzene rings is 2. The van der Waals surface area contributed by atoms with Crippen molar-refractivity contribution in [2.45, 2.75) is 77.3 Å². The first-order valence-electron chi connectivity index (χ1n) is 16.4. The van der Waals surface area contributed by atoms with Gasteiger partial charge in [0.1, 0.15) is 11.9 Å². The molecule has 45 heavy (non-hydrogen) atoms. The smallest absolute Gasteiger partial charge is 0.251 e. The van der Waals surface area contributed by atoms with E-state index in [0.717, 1.165) is 55.2 Å². The van der Waals surface area contributed by atoms with Crippen LogP contribution in [0.4, 0.5) is 11.8 Å². The predicted octanol–water partition coefficient (Wildman–Crippen LogP) is 5.01. The summed E-state index contributed by atoms with van der Waals surface area (Å²) in [5.41, 5.74) is 1.41. The fourth-order valence-electron chi connectivity index (χ4n) is 5.96. The molecule has 3 aromatic rings. The third-order valence-electron chi connectivity index (χ3n) is 8.37. The van der Waals surface area contributed by atoms with Crippen LogP contribution in [-0.2, 0) is 9.59 Å². The lowest BCUT2D eigenvalue weighted by atomic mass is 9.86. The largest absolute Gasteiger partial charge is 0.362 e. The Morgan fingerprint density at radius 3 is 2.22 bits per heavy atom. The van der Waals surface area contributed by atoms with Gasteiger partial charge in [-0.25, -0.2) is 4.98 Å². The normalized spacial score (nSPS) is 16.9. The summed E-state index contributed by atoms with van der Waals surface area (Å²) in [6, 6.07) is 16.4. The van der Waals surface area contributed by atoms with E-state index in [1.54, 1.807) is 29.2 Å². The summed E-state index contributed by atoms with van der Waals surface area (Å²) in [4.78, 5) is 52.6. The molecular formula is C35H49N7O3. The van der Waals surface area contributed by atoms with Crippen LogP contribution < -0.4 is 20.9 Å². The number of para-hydroxylation sites is 1. The molecule has 10 nitrogen and oxygen atoms in total. The Hall–Kier alpha value is -4.21. The maximum absolute atomic E-state index is 13.4. The third-order valence-corrected chi connectivity index (χ3v) is 8.37. The van der Waals surface area contributed by atoms with Gasteiger partial charge in [-0.15, -0.1) is 0 Å². The van der Waals surface area contributed by atoms with Gasteiger partial charge in [-0.2, -0.15) is 4.98 Å². The SMILES string of the molecule is CCCN(CCC)C(=O)C(CCC(=O)NC[C@H]1CC[C@@H](Nc2nc(N(C)C)c3ccccc3n2)CC1)NC(=O)c1ccccc1. The molecule has 2 aromatic carbocycles. The average molecular weight is 616 g/mol. The van der Waals surface area contributed by atoms with E-state index in [1.807, 2.05) is 63.2 Å². The molecule has 1 aliphatic rings. The average Bonchev–Trinajstić information content (AvgIpc) is 3.05. The highest BCUT2D eigenvalue weighted by Gasteiger charge is 2.27. The molecular weight excluding hydrogens is 566 g/mol. The number of amides is 3. The number of fused-ring (bicyclic) bond motifs is 1. The molecule has 1 aromatic heterocycles. The first-order valence-corrected chi connectivity index (χ1v) is 16.4. The van der Waals surface area contributed by atoms with Gasteiger partial charge in [-0.3, -0.25) is 14.4 Å². The van der Waals surface area contributed by atoms with Crippen LogP contribution >= 0.6 is 0 Å². The van der Waals surface area contributed by atoms with Gasteiger partial charge in [-0.1, -0.05) is 44.2 Å². The Kier molecular flexibility index (Phi) is 12.5. The first kappa shape index (κ1) is 33.7. The van der Waals surface area contributed by atoms with E-state index in [0.29, 0.717) is 37.1 Å². The molecule has 242 valence electrons. The van der Waals surface area contributed by atoms with Crippen LogP contribution in [0, 0.1) is 5.92 Å². The van der Waals surface area contributed by atoms with Gasteiger partial charge in [-0.05, 0) is 75.1 Å². The second-order valence-electron chi connectivity index (χ2n) is 12.2. The van der Waals surface area contributed by atoms with E-state index in [1.165, 1.54) is 0 Å². The molecule has 1 aliphatic carbocycles. The molecule has 3 amide bonds. The molecule has 1 atom stereocenters. The van der Waals surface area contributed by atoms with Crippen LogP contribution in [0.1, 0.15) is 75.6 Å². The summed E-state index contributed by atoms with van der Waals surface area (Å²) in [5, 5.41) is 10.6. The van der Waals surface area contributed by atoms with Gasteiger partial charge in [0.2, 0.25) is 17.8 Å². The number of nitrogens with zero attached hydrogens (tertiary/aromatic N) is 4. The molecule has 0 aliphatic heterocycles. The Bertz CT molecular complexity index is 1400. The van der Waals surface area contributed by atoms with Crippen LogP contribution in [0.5, 0.6) is 0 Å². The fraction of sp³-hybridized carbons (Fsp3) is 0.514. The zero-order chi connectivity index (χ0) is 32.2. The van der Waals surface area contributed by atoms with E-state index in [4.69, 9.17) is 9.97 Å². The third kappa shape index (κ3) is 9.64. The predicted molar refractivity (Wildman–Crippen MR) is 180 cm³/mol. The van der Waals surface area contributed by atoms with Gasteiger partial charge in [0.15, 0.2) is 0 Å². The number of rotatable bonds is 15. The number of hydrogen-bond donors (Lipinski definition) is 3. The van der Waals surface area contributed by atoms with Gasteiger partial charge in [0.25, 0.3) is 5.91 Å². The Balaban J connectivity index is 1.27. The van der Waals surface area contributed by atoms with E-state index in [-0.39, 0.29) is 36.6 Å². The number of nitrogens with one attached hydrogen (secondary N) is 3. The highest BCUT2D eigenvalue weighted by Crippen LogP contribution is 2.28. The second kappa shape index (κ2) is 16.7. The number of aromatic nitrogens is 2. The number of carbonyl (C=O) groups is 3. The van der Waals surface area contributed by atoms with Gasteiger partial charge in [0, 0.05) is 57.1 Å². The molecule has 10 heteroatoms. The van der Waals surface area contributed by atoms with E-state index < -0.39 is 6.04 Å². The van der Waals surface area contributed by atoms with Crippen molar-refractivity contribution in [3.05, 3.63) is 60.2 Å². The van der Waals surface area contributed by atoms with E-state index >= 15 is 0 Å². The summed E-state index contributed by atoms with van der Waals surface area (Å²) in [6.45, 7) is 5.91. The van der Waals surface area contributed by atoms with Crippen LogP contribution in [0.3, 0.4) is 0 Å². The van der Waals surface area contributed by atoms with Crippen molar-refractivity contribution >= 4 is 40.4 Å². The zero-order valence-electron chi connectivity index (χ0n) is 27.2. The van der Waals surface area contributed by atoms with Crippen LogP contribution in [0.25, 0.3) is 10.9 Å². The Morgan fingerprint density at radius 2 is 1.56 bits per heavy atom. The number of anilines is 2. The summed E-state index contributed by atoms with van der Waals surface area (Å²) in [5.74, 6) is 1.40. The lowest BCUT2D eigenvalue weighted by Gasteiger charge is -2.30. The number of carbonyl (C=O) groups excluding carboxylic acids is 3. The van der Waals surface area contributed by atoms with E-state index in [2.05, 4.69) is 16.0 Å². The summed E-state index contributed by atoms with van der Waals surface area (Å²) < 4.78 is 0. The highest BCUT2D eigenvalue weighted by atomic mass is 16.2. The molecule has 3 N–H and O–H groups in total. The Labute approximate surface area is 267 Å². The van der Waals surface area contributed by atoms with Crippen molar-refractivity contribution in [3.63, 3.8) is 0 Å². The maximum atomic E-state index is 13.4. The summed E-state index contributed by atoms with van der Waals surface area (Å²) in [6.07, 6.45) is 6.01. The molecule has 0 saturated heterocycles. The monoisotopic (exact) mass is 615 g/mol. The summed E-state index contributed by atoms with van der Waals surface area (Å²) in [7, 11) is 3.98. The highest BCUT2D eigenvalue weighted by molar-refractivity contribution is 5.97. The van der Waals surface area contributed by atoms with Gasteiger partial charge < -0.3 is 25.8 Å². The lowest BCUT2D eigenvalue weighted by molar-refractivity contribution is -0.133. The molecule has 1 unspecified atom stereocenters. The minimum atomic E-state index is -0.756. The van der Waals surface area contributed by atoms with Crippen LogP contribution in [0.15, 0.2) is 54.6 Å². The van der Waals surface area contributed by atoms with Crippen molar-refractivity contribution in [1.82, 2.24) is 25.5 Å². The second-order valence-corrected chi connectivity index (χ2v) is 12.2. The van der Waals surface area contributed by atoms with Crippen molar-refractivity contribution < 1.29 is 14.4 Å². The standard InChI is InChI=1S/C35H49N7O3/c1-5-22-42(23-6-2)34(45)30(38-33(44)26-12-8-7-9-13-26)20-21-31(43)36-24-25-16-18-27(19-17-25)37-35-39-29-15-11-10-14-28(29)32(40-35)41(3)4/h7-15,25,27,30H,5-6,16-24H2,1-4H3,(H,36,43)(H,38,44)(H,37,39,40)/t25-,27+,30?. The van der Waals surface area contributed by atoms with Gasteiger partial charge >= 0.3 is 0 Å². The lowest BCUT2D eigenvalue weighted by Crippen LogP contribution is -2.49.